The first-order valence-corrected chi connectivity index (χ1v) is 13.4. The van der Waals surface area contributed by atoms with Crippen LogP contribution in [0.1, 0.15) is 30.3 Å². The lowest BCUT2D eigenvalue weighted by molar-refractivity contribution is -0.120. The Kier molecular flexibility index (Phi) is 7.39. The molecule has 0 saturated carbocycles. The predicted molar refractivity (Wildman–Crippen MR) is 126 cm³/mol. The summed E-state index contributed by atoms with van der Waals surface area (Å²) in [6, 6.07) is 6.23. The van der Waals surface area contributed by atoms with Gasteiger partial charge in [-0.05, 0) is 44.0 Å². The van der Waals surface area contributed by atoms with Crippen LogP contribution in [0.2, 0.25) is 0 Å². The number of benzene rings is 1. The van der Waals surface area contributed by atoms with Crippen LogP contribution in [0.3, 0.4) is 0 Å². The average molecular weight is 509 g/mol. The molecule has 12 heteroatoms. The maximum absolute atomic E-state index is 13.1. The van der Waals surface area contributed by atoms with E-state index in [1.54, 1.807) is 24.0 Å². The Morgan fingerprint density at radius 3 is 2.71 bits per heavy atom. The lowest BCUT2D eigenvalue weighted by Crippen LogP contribution is -2.43. The van der Waals surface area contributed by atoms with Crippen molar-refractivity contribution in [3.63, 3.8) is 0 Å². The van der Waals surface area contributed by atoms with Crippen LogP contribution >= 0.6 is 11.3 Å². The molecular formula is C22H28N4O6S2. The number of hydrogen-bond acceptors (Lipinski definition) is 8. The highest BCUT2D eigenvalue weighted by atomic mass is 32.2. The normalized spacial score (nSPS) is 18.8. The Bertz CT molecular complexity index is 1150. The first-order chi connectivity index (χ1) is 16.3. The van der Waals surface area contributed by atoms with Crippen molar-refractivity contribution >= 4 is 38.5 Å². The van der Waals surface area contributed by atoms with E-state index in [0.717, 1.165) is 10.6 Å². The van der Waals surface area contributed by atoms with Gasteiger partial charge >= 0.3 is 6.09 Å². The van der Waals surface area contributed by atoms with Crippen LogP contribution in [-0.2, 0) is 32.5 Å². The van der Waals surface area contributed by atoms with Gasteiger partial charge in [0.1, 0.15) is 5.75 Å². The molecule has 34 heavy (non-hydrogen) atoms. The van der Waals surface area contributed by atoms with Crippen molar-refractivity contribution in [2.75, 3.05) is 38.7 Å². The van der Waals surface area contributed by atoms with E-state index in [0.29, 0.717) is 56.4 Å². The molecule has 10 nitrogen and oxygen atoms in total. The number of thiazole rings is 1. The van der Waals surface area contributed by atoms with Crippen LogP contribution in [0.25, 0.3) is 0 Å². The Labute approximate surface area is 202 Å². The zero-order valence-electron chi connectivity index (χ0n) is 19.2. The van der Waals surface area contributed by atoms with Gasteiger partial charge in [-0.1, -0.05) is 11.3 Å². The van der Waals surface area contributed by atoms with Crippen LogP contribution in [0.15, 0.2) is 29.2 Å². The summed E-state index contributed by atoms with van der Waals surface area (Å²) in [6.07, 6.45) is 1.43. The van der Waals surface area contributed by atoms with Crippen LogP contribution in [0.5, 0.6) is 5.75 Å². The Balaban J connectivity index is 1.40. The minimum Gasteiger partial charge on any atom is -0.497 e. The number of carbonyl (C=O) groups excluding carboxylic acids is 2. The molecule has 184 valence electrons. The molecule has 1 aromatic carbocycles. The second-order valence-corrected chi connectivity index (χ2v) is 11.1. The standard InChI is InChI=1S/C22H28N4O6S2/c1-3-32-22(28)25-12-10-18-19(14-25)33-21(23-18)24-20(27)15-5-4-11-26(13-15)34(29,30)17-8-6-16(31-2)7-9-17/h6-9,15H,3-5,10-14H2,1-2H3,(H,23,24,27). The van der Waals surface area contributed by atoms with Crippen molar-refractivity contribution in [3.05, 3.63) is 34.8 Å². The number of hydrogen-bond donors (Lipinski definition) is 1. The number of methoxy groups -OCH3 is 1. The molecule has 1 saturated heterocycles. The quantitative estimate of drug-likeness (QED) is 0.637. The molecule has 2 aliphatic rings. The summed E-state index contributed by atoms with van der Waals surface area (Å²) in [5.41, 5.74) is 0.869. The zero-order valence-corrected chi connectivity index (χ0v) is 20.8. The maximum atomic E-state index is 13.1. The van der Waals surface area contributed by atoms with Gasteiger partial charge in [-0.3, -0.25) is 4.79 Å². The molecule has 2 aromatic rings. The van der Waals surface area contributed by atoms with Gasteiger partial charge in [0.05, 0.1) is 36.8 Å². The fourth-order valence-electron chi connectivity index (χ4n) is 4.10. The van der Waals surface area contributed by atoms with Crippen molar-refractivity contribution in [2.24, 2.45) is 5.92 Å². The molecule has 1 unspecified atom stereocenters. The van der Waals surface area contributed by atoms with Crippen LogP contribution in [0, 0.1) is 5.92 Å². The fourth-order valence-corrected chi connectivity index (χ4v) is 6.65. The maximum Gasteiger partial charge on any atom is 0.410 e. The van der Waals surface area contributed by atoms with Gasteiger partial charge in [-0.2, -0.15) is 4.31 Å². The second-order valence-electron chi connectivity index (χ2n) is 8.13. The van der Waals surface area contributed by atoms with E-state index in [1.807, 2.05) is 0 Å². The number of anilines is 1. The third-order valence-electron chi connectivity index (χ3n) is 5.94. The fraction of sp³-hybridized carbons (Fsp3) is 0.500. The van der Waals surface area contributed by atoms with Gasteiger partial charge in [0.15, 0.2) is 5.13 Å². The van der Waals surface area contributed by atoms with Gasteiger partial charge < -0.3 is 19.7 Å². The van der Waals surface area contributed by atoms with Gasteiger partial charge in [-0.25, -0.2) is 18.2 Å². The largest absolute Gasteiger partial charge is 0.497 e. The summed E-state index contributed by atoms with van der Waals surface area (Å²) >= 11 is 1.34. The second kappa shape index (κ2) is 10.3. The van der Waals surface area contributed by atoms with Crippen LogP contribution < -0.4 is 10.1 Å². The molecule has 1 atom stereocenters. The minimum absolute atomic E-state index is 0.113. The lowest BCUT2D eigenvalue weighted by atomic mass is 9.99. The van der Waals surface area contributed by atoms with Crippen LogP contribution in [0.4, 0.5) is 9.93 Å². The van der Waals surface area contributed by atoms with Gasteiger partial charge in [0, 0.05) is 30.9 Å². The smallest absolute Gasteiger partial charge is 0.410 e. The monoisotopic (exact) mass is 508 g/mol. The van der Waals surface area contributed by atoms with Gasteiger partial charge in [0.2, 0.25) is 15.9 Å². The summed E-state index contributed by atoms with van der Waals surface area (Å²) in [5, 5.41) is 3.33. The van der Waals surface area contributed by atoms with Crippen molar-refractivity contribution < 1.29 is 27.5 Å². The number of nitrogens with zero attached hydrogens (tertiary/aromatic N) is 3. The number of amides is 2. The molecule has 2 amide bonds. The molecule has 0 spiro atoms. The number of aromatic nitrogens is 1. The predicted octanol–water partition coefficient (Wildman–Crippen LogP) is 2.71. The first kappa shape index (κ1) is 24.4. The third kappa shape index (κ3) is 5.18. The summed E-state index contributed by atoms with van der Waals surface area (Å²) in [5.74, 6) is -0.145. The summed E-state index contributed by atoms with van der Waals surface area (Å²) in [7, 11) is -2.19. The van der Waals surface area contributed by atoms with E-state index in [1.165, 1.54) is 34.9 Å². The van der Waals surface area contributed by atoms with Gasteiger partial charge in [0.25, 0.3) is 0 Å². The number of carbonyl (C=O) groups is 2. The number of rotatable bonds is 6. The van der Waals surface area contributed by atoms with E-state index in [9.17, 15) is 18.0 Å². The highest BCUT2D eigenvalue weighted by Gasteiger charge is 2.34. The molecule has 4 rings (SSSR count). The number of ether oxygens (including phenoxy) is 2. The summed E-state index contributed by atoms with van der Waals surface area (Å²) < 4.78 is 37.7. The molecule has 2 aliphatic heterocycles. The molecule has 1 N–H and O–H groups in total. The Morgan fingerprint density at radius 2 is 2.00 bits per heavy atom. The van der Waals surface area contributed by atoms with E-state index < -0.39 is 15.9 Å². The van der Waals surface area contributed by atoms with Crippen molar-refractivity contribution in [3.8, 4) is 5.75 Å². The topological polar surface area (TPSA) is 118 Å². The van der Waals surface area contributed by atoms with E-state index in [2.05, 4.69) is 10.3 Å². The first-order valence-electron chi connectivity index (χ1n) is 11.2. The Hall–Kier alpha value is -2.70. The molecule has 1 aromatic heterocycles. The van der Waals surface area contributed by atoms with Crippen molar-refractivity contribution in [1.29, 1.82) is 0 Å². The van der Waals surface area contributed by atoms with Crippen LogP contribution in [-0.4, -0.2) is 68.0 Å². The average Bonchev–Trinajstić information content (AvgIpc) is 3.25. The highest BCUT2D eigenvalue weighted by Crippen LogP contribution is 2.30. The summed E-state index contributed by atoms with van der Waals surface area (Å²) in [4.78, 5) is 32.2. The number of piperidine rings is 1. The third-order valence-corrected chi connectivity index (χ3v) is 8.82. The lowest BCUT2D eigenvalue weighted by Gasteiger charge is -2.31. The van der Waals surface area contributed by atoms with Crippen molar-refractivity contribution in [2.45, 2.75) is 37.6 Å². The Morgan fingerprint density at radius 1 is 1.24 bits per heavy atom. The van der Waals surface area contributed by atoms with E-state index >= 15 is 0 Å². The van der Waals surface area contributed by atoms with E-state index in [-0.39, 0.29) is 23.4 Å². The number of sulfonamides is 1. The molecule has 3 heterocycles. The molecular weight excluding hydrogens is 480 g/mol. The van der Waals surface area contributed by atoms with Crippen molar-refractivity contribution in [1.82, 2.24) is 14.2 Å². The van der Waals surface area contributed by atoms with E-state index in [4.69, 9.17) is 9.47 Å². The molecule has 0 bridgehead atoms. The SMILES string of the molecule is CCOC(=O)N1CCc2nc(NC(=O)C3CCCN(S(=O)(=O)c4ccc(OC)cc4)C3)sc2C1. The molecule has 0 aliphatic carbocycles. The molecule has 0 radical (unpaired) electrons. The zero-order chi connectivity index (χ0) is 24.3. The minimum atomic E-state index is -3.71. The number of nitrogens with one attached hydrogen (secondary N) is 1. The number of fused-ring (bicyclic) bond motifs is 1. The summed E-state index contributed by atoms with van der Waals surface area (Å²) in [6.45, 7) is 3.49. The highest BCUT2D eigenvalue weighted by molar-refractivity contribution is 7.89. The molecule has 1 fully saturated rings. The van der Waals surface area contributed by atoms with Gasteiger partial charge in [-0.15, -0.1) is 0 Å².